The summed E-state index contributed by atoms with van der Waals surface area (Å²) >= 11 is 0. The van der Waals surface area contributed by atoms with E-state index in [2.05, 4.69) is 5.32 Å². The van der Waals surface area contributed by atoms with Gasteiger partial charge in [0.25, 0.3) is 5.91 Å². The molecule has 5 heteroatoms. The summed E-state index contributed by atoms with van der Waals surface area (Å²) in [6.07, 6.45) is 0. The molecule has 0 heterocycles. The first kappa shape index (κ1) is 17.9. The first-order valence-electron chi connectivity index (χ1n) is 7.73. The molecule has 1 unspecified atom stereocenters. The number of benzene rings is 2. The molecule has 0 aliphatic rings. The predicted octanol–water partition coefficient (Wildman–Crippen LogP) is 4.15. The highest BCUT2D eigenvalue weighted by molar-refractivity contribution is 5.78. The van der Waals surface area contributed by atoms with Crippen LogP contribution < -0.4 is 10.1 Å². The lowest BCUT2D eigenvalue weighted by atomic mass is 10.1. The van der Waals surface area contributed by atoms with Crippen molar-refractivity contribution in [1.29, 1.82) is 0 Å². The Labute approximate surface area is 140 Å². The Morgan fingerprint density at radius 3 is 2.38 bits per heavy atom. The largest absolute Gasteiger partial charge is 0.483 e. The van der Waals surface area contributed by atoms with Crippen molar-refractivity contribution in [2.75, 3.05) is 6.61 Å². The molecular formula is C19H21F2NO2. The summed E-state index contributed by atoms with van der Waals surface area (Å²) in [5, 5.41) is 2.61. The van der Waals surface area contributed by atoms with Gasteiger partial charge in [0.15, 0.2) is 6.61 Å². The van der Waals surface area contributed by atoms with Crippen LogP contribution in [0.15, 0.2) is 30.3 Å². The second-order valence-corrected chi connectivity index (χ2v) is 5.97. The zero-order valence-corrected chi connectivity index (χ0v) is 14.2. The molecule has 0 spiro atoms. The molecule has 128 valence electrons. The topological polar surface area (TPSA) is 38.3 Å². The Morgan fingerprint density at radius 1 is 1.12 bits per heavy atom. The maximum atomic E-state index is 13.7. The van der Waals surface area contributed by atoms with Crippen LogP contribution in [-0.2, 0) is 4.79 Å². The van der Waals surface area contributed by atoms with Crippen molar-refractivity contribution in [3.8, 4) is 5.75 Å². The molecule has 2 rings (SSSR count). The molecule has 1 atom stereocenters. The highest BCUT2D eigenvalue weighted by Crippen LogP contribution is 2.24. The Hall–Kier alpha value is -2.43. The monoisotopic (exact) mass is 333 g/mol. The molecule has 2 aromatic carbocycles. The zero-order chi connectivity index (χ0) is 17.9. The van der Waals surface area contributed by atoms with Gasteiger partial charge in [0.05, 0.1) is 6.04 Å². The van der Waals surface area contributed by atoms with E-state index in [1.807, 2.05) is 32.9 Å². The van der Waals surface area contributed by atoms with Gasteiger partial charge in [-0.2, -0.15) is 0 Å². The Kier molecular flexibility index (Phi) is 5.54. The van der Waals surface area contributed by atoms with Crippen molar-refractivity contribution >= 4 is 5.91 Å². The van der Waals surface area contributed by atoms with Gasteiger partial charge in [-0.3, -0.25) is 4.79 Å². The molecule has 0 bridgehead atoms. The molecule has 0 radical (unpaired) electrons. The summed E-state index contributed by atoms with van der Waals surface area (Å²) in [6, 6.07) is 6.46. The molecule has 0 aromatic heterocycles. The molecule has 0 aliphatic carbocycles. The summed E-state index contributed by atoms with van der Waals surface area (Å²) < 4.78 is 32.5. The van der Waals surface area contributed by atoms with Crippen molar-refractivity contribution in [2.24, 2.45) is 0 Å². The minimum absolute atomic E-state index is 0.103. The van der Waals surface area contributed by atoms with Crippen molar-refractivity contribution in [3.05, 3.63) is 64.2 Å². The lowest BCUT2D eigenvalue weighted by Gasteiger charge is -2.17. The first-order chi connectivity index (χ1) is 11.3. The smallest absolute Gasteiger partial charge is 0.258 e. The van der Waals surface area contributed by atoms with Crippen LogP contribution in [0.3, 0.4) is 0 Å². The minimum atomic E-state index is -0.656. The van der Waals surface area contributed by atoms with E-state index in [-0.39, 0.29) is 12.2 Å². The van der Waals surface area contributed by atoms with Crippen LogP contribution in [0.2, 0.25) is 0 Å². The van der Waals surface area contributed by atoms with Crippen LogP contribution >= 0.6 is 0 Å². The van der Waals surface area contributed by atoms with Crippen molar-refractivity contribution in [3.63, 3.8) is 0 Å². The molecular weight excluding hydrogens is 312 g/mol. The molecule has 1 amide bonds. The van der Waals surface area contributed by atoms with Gasteiger partial charge >= 0.3 is 0 Å². The normalized spacial score (nSPS) is 11.9. The third-order valence-corrected chi connectivity index (χ3v) is 3.75. The van der Waals surface area contributed by atoms with Gasteiger partial charge in [-0.15, -0.1) is 0 Å². The zero-order valence-electron chi connectivity index (χ0n) is 14.2. The van der Waals surface area contributed by atoms with Crippen LogP contribution in [0.25, 0.3) is 0 Å². The van der Waals surface area contributed by atoms with Crippen LogP contribution in [0.5, 0.6) is 5.75 Å². The second-order valence-electron chi connectivity index (χ2n) is 5.97. The number of halogens is 2. The third-order valence-electron chi connectivity index (χ3n) is 3.75. The van der Waals surface area contributed by atoms with Crippen LogP contribution in [0.1, 0.15) is 35.2 Å². The number of carbonyl (C=O) groups excluding carboxylic acids is 1. The van der Waals surface area contributed by atoms with E-state index >= 15 is 0 Å². The van der Waals surface area contributed by atoms with E-state index in [0.717, 1.165) is 34.9 Å². The number of rotatable bonds is 5. The average Bonchev–Trinajstić information content (AvgIpc) is 2.48. The Bertz CT molecular complexity index is 736. The summed E-state index contributed by atoms with van der Waals surface area (Å²) in [5.74, 6) is -0.837. The van der Waals surface area contributed by atoms with E-state index in [0.29, 0.717) is 5.75 Å². The van der Waals surface area contributed by atoms with E-state index in [4.69, 9.17) is 4.74 Å². The van der Waals surface area contributed by atoms with Gasteiger partial charge in [0, 0.05) is 5.56 Å². The third kappa shape index (κ3) is 4.31. The molecule has 0 saturated heterocycles. The Balaban J connectivity index is 2.00. The SMILES string of the molecule is Cc1cc(C)c(OCC(=O)NC(C)c2cc(F)ccc2F)c(C)c1. The number of carbonyl (C=O) groups is 1. The summed E-state index contributed by atoms with van der Waals surface area (Å²) in [4.78, 5) is 12.0. The highest BCUT2D eigenvalue weighted by atomic mass is 19.1. The summed E-state index contributed by atoms with van der Waals surface area (Å²) in [5.41, 5.74) is 3.12. The van der Waals surface area contributed by atoms with Crippen molar-refractivity contribution in [2.45, 2.75) is 33.7 Å². The molecule has 0 fully saturated rings. The molecule has 1 N–H and O–H groups in total. The number of ether oxygens (including phenoxy) is 1. The average molecular weight is 333 g/mol. The fourth-order valence-corrected chi connectivity index (χ4v) is 2.74. The predicted molar refractivity (Wildman–Crippen MR) is 89.1 cm³/mol. The molecule has 3 nitrogen and oxygen atoms in total. The Morgan fingerprint density at radius 2 is 1.75 bits per heavy atom. The van der Waals surface area contributed by atoms with Crippen molar-refractivity contribution in [1.82, 2.24) is 5.32 Å². The van der Waals surface area contributed by atoms with E-state index in [1.54, 1.807) is 6.92 Å². The molecule has 2 aromatic rings. The fraction of sp³-hybridized carbons (Fsp3) is 0.316. The van der Waals surface area contributed by atoms with Gasteiger partial charge in [0.1, 0.15) is 17.4 Å². The van der Waals surface area contributed by atoms with E-state index in [1.165, 1.54) is 0 Å². The van der Waals surface area contributed by atoms with E-state index in [9.17, 15) is 13.6 Å². The first-order valence-corrected chi connectivity index (χ1v) is 7.73. The van der Waals surface area contributed by atoms with Gasteiger partial charge in [0.2, 0.25) is 0 Å². The maximum absolute atomic E-state index is 13.7. The summed E-state index contributed by atoms with van der Waals surface area (Å²) in [6.45, 7) is 7.23. The molecule has 24 heavy (non-hydrogen) atoms. The highest BCUT2D eigenvalue weighted by Gasteiger charge is 2.15. The second kappa shape index (κ2) is 7.43. The van der Waals surface area contributed by atoms with Gasteiger partial charge in [-0.05, 0) is 57.0 Å². The molecule has 0 saturated carbocycles. The van der Waals surface area contributed by atoms with Crippen molar-refractivity contribution < 1.29 is 18.3 Å². The van der Waals surface area contributed by atoms with Crippen LogP contribution in [0.4, 0.5) is 8.78 Å². The van der Waals surface area contributed by atoms with Crippen LogP contribution in [-0.4, -0.2) is 12.5 Å². The fourth-order valence-electron chi connectivity index (χ4n) is 2.74. The molecule has 0 aliphatic heterocycles. The quantitative estimate of drug-likeness (QED) is 0.893. The van der Waals surface area contributed by atoms with E-state index < -0.39 is 23.6 Å². The number of hydrogen-bond acceptors (Lipinski definition) is 2. The van der Waals surface area contributed by atoms with Crippen LogP contribution in [0, 0.1) is 32.4 Å². The number of hydrogen-bond donors (Lipinski definition) is 1. The maximum Gasteiger partial charge on any atom is 0.258 e. The number of amides is 1. The number of aryl methyl sites for hydroxylation is 3. The van der Waals surface area contributed by atoms with Gasteiger partial charge in [-0.25, -0.2) is 8.78 Å². The van der Waals surface area contributed by atoms with Gasteiger partial charge in [-0.1, -0.05) is 17.7 Å². The lowest BCUT2D eigenvalue weighted by Crippen LogP contribution is -2.32. The standard InChI is InChI=1S/C19H21F2NO2/c1-11-7-12(2)19(13(3)8-11)24-10-18(23)22-14(4)16-9-15(20)5-6-17(16)21/h5-9,14H,10H2,1-4H3,(H,22,23). The van der Waals surface area contributed by atoms with Gasteiger partial charge < -0.3 is 10.1 Å². The lowest BCUT2D eigenvalue weighted by molar-refractivity contribution is -0.123. The summed E-state index contributed by atoms with van der Waals surface area (Å²) in [7, 11) is 0. The minimum Gasteiger partial charge on any atom is -0.483 e. The number of nitrogens with one attached hydrogen (secondary N) is 1.